The minimum atomic E-state index is 0.115. The largest absolute Gasteiger partial charge is 0.487 e. The van der Waals surface area contributed by atoms with Crippen LogP contribution in [0.5, 0.6) is 11.5 Å². The maximum atomic E-state index is 12.8. The molecule has 0 fully saturated rings. The van der Waals surface area contributed by atoms with Gasteiger partial charge in [0, 0.05) is 12.0 Å². The Bertz CT molecular complexity index is 882. The SMILES string of the molecule is C=CCn1cc[n+](CCCCCC(=O)c2ccc3c(c2)OCCOCCOCCOCCO3)c1. The van der Waals surface area contributed by atoms with E-state index in [2.05, 4.69) is 28.2 Å². The van der Waals surface area contributed by atoms with E-state index in [1.54, 1.807) is 12.1 Å². The Kier molecular flexibility index (Phi) is 11.6. The van der Waals surface area contributed by atoms with Crippen LogP contribution in [0.15, 0.2) is 49.6 Å². The molecule has 0 N–H and O–H groups in total. The third-order valence-electron chi connectivity index (χ3n) is 5.39. The fourth-order valence-corrected chi connectivity index (χ4v) is 3.61. The van der Waals surface area contributed by atoms with Crippen LogP contribution in [0.1, 0.15) is 36.0 Å². The summed E-state index contributed by atoms with van der Waals surface area (Å²) in [4.78, 5) is 12.8. The molecule has 2 aromatic rings. The topological polar surface area (TPSA) is 72.0 Å². The highest BCUT2D eigenvalue weighted by atomic mass is 16.6. The summed E-state index contributed by atoms with van der Waals surface area (Å²) in [7, 11) is 0. The van der Waals surface area contributed by atoms with Crippen LogP contribution < -0.4 is 14.0 Å². The van der Waals surface area contributed by atoms with Crippen molar-refractivity contribution in [1.82, 2.24) is 4.57 Å². The molecule has 3 rings (SSSR count). The quantitative estimate of drug-likeness (QED) is 0.241. The van der Waals surface area contributed by atoms with Gasteiger partial charge in [-0.3, -0.25) is 4.79 Å². The molecule has 0 saturated carbocycles. The standard InChI is InChI=1S/C26H37N2O6/c1-2-9-27-11-12-28(22-27)10-5-3-4-6-24(29)23-7-8-25-26(21-23)34-20-18-32-16-14-30-13-15-31-17-19-33-25/h2,7-8,11-12,21-22H,1,3-6,9-10,13-20H2/q+1. The number of benzene rings is 1. The minimum Gasteiger partial charge on any atom is -0.487 e. The molecule has 0 atom stereocenters. The van der Waals surface area contributed by atoms with Crippen LogP contribution >= 0.6 is 0 Å². The highest BCUT2D eigenvalue weighted by Gasteiger charge is 2.13. The van der Waals surface area contributed by atoms with E-state index in [1.165, 1.54) is 0 Å². The number of ketones is 1. The second-order valence-corrected chi connectivity index (χ2v) is 8.07. The summed E-state index contributed by atoms with van der Waals surface area (Å²) in [5, 5.41) is 0. The van der Waals surface area contributed by atoms with Gasteiger partial charge >= 0.3 is 0 Å². The average Bonchev–Trinajstić information content (AvgIpc) is 3.28. The molecule has 8 nitrogen and oxygen atoms in total. The van der Waals surface area contributed by atoms with Gasteiger partial charge in [0.25, 0.3) is 0 Å². The number of rotatable bonds is 9. The number of allylic oxidation sites excluding steroid dienone is 1. The van der Waals surface area contributed by atoms with E-state index < -0.39 is 0 Å². The number of hydrogen-bond donors (Lipinski definition) is 0. The second kappa shape index (κ2) is 15.3. The third-order valence-corrected chi connectivity index (χ3v) is 5.39. The van der Waals surface area contributed by atoms with Gasteiger partial charge in [0.1, 0.15) is 32.2 Å². The van der Waals surface area contributed by atoms with Gasteiger partial charge in [-0.25, -0.2) is 9.13 Å². The maximum Gasteiger partial charge on any atom is 0.244 e. The molecule has 186 valence electrons. The molecular weight excluding hydrogens is 436 g/mol. The Hall–Kier alpha value is -2.68. The number of carbonyl (C=O) groups excluding carboxylic acids is 1. The zero-order valence-corrected chi connectivity index (χ0v) is 20.0. The number of hydrogen-bond acceptors (Lipinski definition) is 6. The van der Waals surface area contributed by atoms with Gasteiger partial charge in [-0.05, 0) is 37.5 Å². The fraction of sp³-hybridized carbons (Fsp3) is 0.538. The van der Waals surface area contributed by atoms with Gasteiger partial charge in [0.05, 0.1) is 46.2 Å². The highest BCUT2D eigenvalue weighted by Crippen LogP contribution is 2.29. The number of nitrogens with zero attached hydrogens (tertiary/aromatic N) is 2. The zero-order valence-electron chi connectivity index (χ0n) is 20.0. The molecule has 8 heteroatoms. The summed E-state index contributed by atoms with van der Waals surface area (Å²) < 4.78 is 32.4. The van der Waals surface area contributed by atoms with Gasteiger partial charge in [0.15, 0.2) is 17.3 Å². The van der Waals surface area contributed by atoms with E-state index in [4.69, 9.17) is 23.7 Å². The Morgan fingerprint density at radius 1 is 0.912 bits per heavy atom. The predicted molar refractivity (Wildman–Crippen MR) is 128 cm³/mol. The van der Waals surface area contributed by atoms with Crippen molar-refractivity contribution in [2.24, 2.45) is 0 Å². The molecule has 1 aliphatic rings. The molecular formula is C26H37N2O6+. The zero-order chi connectivity index (χ0) is 23.8. The first-order chi connectivity index (χ1) is 16.8. The van der Waals surface area contributed by atoms with Crippen molar-refractivity contribution < 1.29 is 33.0 Å². The first kappa shape index (κ1) is 25.9. The summed E-state index contributed by atoms with van der Waals surface area (Å²) in [6.07, 6.45) is 11.5. The Morgan fingerprint density at radius 3 is 2.29 bits per heavy atom. The lowest BCUT2D eigenvalue weighted by molar-refractivity contribution is -0.696. The number of aryl methyl sites for hydroxylation is 1. The van der Waals surface area contributed by atoms with Crippen molar-refractivity contribution >= 4 is 5.78 Å². The van der Waals surface area contributed by atoms with Crippen LogP contribution in [0, 0.1) is 0 Å². The van der Waals surface area contributed by atoms with Crippen LogP contribution in [0.3, 0.4) is 0 Å². The van der Waals surface area contributed by atoms with Crippen LogP contribution in [0.4, 0.5) is 0 Å². The number of aromatic nitrogens is 2. The number of fused-ring (bicyclic) bond motifs is 1. The van der Waals surface area contributed by atoms with Gasteiger partial charge in [-0.1, -0.05) is 12.7 Å². The van der Waals surface area contributed by atoms with Crippen molar-refractivity contribution in [2.75, 3.05) is 52.9 Å². The second-order valence-electron chi connectivity index (χ2n) is 8.07. The number of ether oxygens (including phenoxy) is 5. The van der Waals surface area contributed by atoms with Crippen molar-refractivity contribution in [1.29, 1.82) is 0 Å². The summed E-state index contributed by atoms with van der Waals surface area (Å²) in [5.74, 6) is 1.27. The maximum absolute atomic E-state index is 12.8. The fourth-order valence-electron chi connectivity index (χ4n) is 3.61. The molecule has 0 amide bonds. The molecule has 1 aliphatic heterocycles. The molecule has 34 heavy (non-hydrogen) atoms. The van der Waals surface area contributed by atoms with Gasteiger partial charge in [-0.2, -0.15) is 0 Å². The lowest BCUT2D eigenvalue weighted by Crippen LogP contribution is -2.30. The normalized spacial score (nSPS) is 15.8. The van der Waals surface area contributed by atoms with Gasteiger partial charge in [-0.15, -0.1) is 0 Å². The molecule has 0 radical (unpaired) electrons. The number of carbonyl (C=O) groups is 1. The van der Waals surface area contributed by atoms with Crippen LogP contribution in [-0.2, 0) is 27.3 Å². The van der Waals surface area contributed by atoms with Crippen molar-refractivity contribution in [2.45, 2.75) is 38.8 Å². The first-order valence-electron chi connectivity index (χ1n) is 12.1. The van der Waals surface area contributed by atoms with Crippen molar-refractivity contribution in [3.8, 4) is 11.5 Å². The van der Waals surface area contributed by atoms with E-state index in [0.29, 0.717) is 76.3 Å². The molecule has 2 heterocycles. The molecule has 0 aliphatic carbocycles. The Morgan fingerprint density at radius 2 is 1.59 bits per heavy atom. The molecule has 0 unspecified atom stereocenters. The van der Waals surface area contributed by atoms with Crippen molar-refractivity contribution in [3.63, 3.8) is 0 Å². The highest BCUT2D eigenvalue weighted by molar-refractivity contribution is 5.96. The molecule has 0 saturated heterocycles. The Labute approximate surface area is 202 Å². The number of Topliss-reactive ketones (excluding diaryl/α,β-unsaturated/α-hetero) is 1. The lowest BCUT2D eigenvalue weighted by atomic mass is 10.0. The smallest absolute Gasteiger partial charge is 0.244 e. The van der Waals surface area contributed by atoms with E-state index in [1.807, 2.05) is 18.3 Å². The van der Waals surface area contributed by atoms with E-state index >= 15 is 0 Å². The molecule has 1 aromatic carbocycles. The minimum absolute atomic E-state index is 0.115. The number of unbranched alkanes of at least 4 members (excludes halogenated alkanes) is 2. The first-order valence-corrected chi connectivity index (χ1v) is 12.1. The Balaban J connectivity index is 1.46. The van der Waals surface area contributed by atoms with Crippen LogP contribution in [-0.4, -0.2) is 63.2 Å². The van der Waals surface area contributed by atoms with E-state index in [0.717, 1.165) is 32.4 Å². The summed E-state index contributed by atoms with van der Waals surface area (Å²) in [6.45, 7) is 9.25. The number of imidazole rings is 1. The molecule has 0 bridgehead atoms. The predicted octanol–water partition coefficient (Wildman–Crippen LogP) is 3.23. The van der Waals surface area contributed by atoms with Gasteiger partial charge in [0.2, 0.25) is 6.33 Å². The van der Waals surface area contributed by atoms with Crippen LogP contribution in [0.2, 0.25) is 0 Å². The molecule has 1 aromatic heterocycles. The monoisotopic (exact) mass is 473 g/mol. The van der Waals surface area contributed by atoms with E-state index in [-0.39, 0.29) is 5.78 Å². The summed E-state index contributed by atoms with van der Waals surface area (Å²) in [6, 6.07) is 5.38. The average molecular weight is 474 g/mol. The molecule has 0 spiro atoms. The van der Waals surface area contributed by atoms with Crippen LogP contribution in [0.25, 0.3) is 0 Å². The summed E-state index contributed by atoms with van der Waals surface area (Å²) >= 11 is 0. The van der Waals surface area contributed by atoms with E-state index in [9.17, 15) is 4.79 Å². The lowest BCUT2D eigenvalue weighted by Gasteiger charge is -2.14. The summed E-state index contributed by atoms with van der Waals surface area (Å²) in [5.41, 5.74) is 0.640. The van der Waals surface area contributed by atoms with Gasteiger partial charge < -0.3 is 23.7 Å². The third kappa shape index (κ3) is 9.29. The van der Waals surface area contributed by atoms with Crippen molar-refractivity contribution in [3.05, 3.63) is 55.1 Å².